The van der Waals surface area contributed by atoms with E-state index in [1.807, 2.05) is 6.92 Å². The third kappa shape index (κ3) is 7.33. The lowest BCUT2D eigenvalue weighted by atomic mass is 10.2. The molecular weight excluding hydrogens is 256 g/mol. The van der Waals surface area contributed by atoms with Gasteiger partial charge in [0.25, 0.3) is 0 Å². The minimum absolute atomic E-state index is 0.120. The average molecular weight is 284 g/mol. The van der Waals surface area contributed by atoms with Gasteiger partial charge in [-0.1, -0.05) is 12.8 Å². The molecule has 0 aliphatic heterocycles. The third-order valence-corrected chi connectivity index (χ3v) is 3.33. The first-order valence-electron chi connectivity index (χ1n) is 7.58. The summed E-state index contributed by atoms with van der Waals surface area (Å²) < 4.78 is 5.24. The predicted molar refractivity (Wildman–Crippen MR) is 80.9 cm³/mol. The molecule has 1 amide bonds. The molecule has 0 saturated heterocycles. The number of ether oxygens (including phenoxy) is 1. The molecule has 20 heavy (non-hydrogen) atoms. The SMILES string of the molecule is CCOCCNC(=NC)NCCC(=O)NC1CCCC1. The van der Waals surface area contributed by atoms with Gasteiger partial charge in [-0.15, -0.1) is 0 Å². The van der Waals surface area contributed by atoms with E-state index in [4.69, 9.17) is 4.74 Å². The molecule has 0 spiro atoms. The zero-order valence-corrected chi connectivity index (χ0v) is 12.7. The Bertz CT molecular complexity index is 302. The lowest BCUT2D eigenvalue weighted by molar-refractivity contribution is -0.121. The van der Waals surface area contributed by atoms with Crippen molar-refractivity contribution in [1.82, 2.24) is 16.0 Å². The Morgan fingerprint density at radius 3 is 2.60 bits per heavy atom. The van der Waals surface area contributed by atoms with Gasteiger partial charge in [-0.3, -0.25) is 9.79 Å². The molecule has 1 aliphatic carbocycles. The molecule has 6 nitrogen and oxygen atoms in total. The number of amides is 1. The van der Waals surface area contributed by atoms with Crippen LogP contribution in [0.3, 0.4) is 0 Å². The average Bonchev–Trinajstić information content (AvgIpc) is 2.94. The highest BCUT2D eigenvalue weighted by molar-refractivity contribution is 5.81. The number of aliphatic imine (C=N–C) groups is 1. The molecule has 0 atom stereocenters. The Morgan fingerprint density at radius 1 is 1.25 bits per heavy atom. The van der Waals surface area contributed by atoms with E-state index in [-0.39, 0.29) is 5.91 Å². The van der Waals surface area contributed by atoms with Gasteiger partial charge in [0.1, 0.15) is 0 Å². The number of nitrogens with zero attached hydrogens (tertiary/aromatic N) is 1. The number of hydrogen-bond acceptors (Lipinski definition) is 3. The van der Waals surface area contributed by atoms with Crippen molar-refractivity contribution in [1.29, 1.82) is 0 Å². The summed E-state index contributed by atoms with van der Waals surface area (Å²) in [5.74, 6) is 0.826. The van der Waals surface area contributed by atoms with E-state index >= 15 is 0 Å². The summed E-state index contributed by atoms with van der Waals surface area (Å²) in [6, 6.07) is 0.395. The number of rotatable bonds is 8. The van der Waals surface area contributed by atoms with Crippen LogP contribution >= 0.6 is 0 Å². The molecule has 0 heterocycles. The van der Waals surface area contributed by atoms with Crippen LogP contribution in [0, 0.1) is 0 Å². The van der Waals surface area contributed by atoms with Crippen molar-refractivity contribution in [3.05, 3.63) is 0 Å². The molecule has 1 aliphatic rings. The smallest absolute Gasteiger partial charge is 0.221 e. The summed E-state index contributed by atoms with van der Waals surface area (Å²) in [6.07, 6.45) is 5.20. The molecule has 0 aromatic heterocycles. The zero-order chi connectivity index (χ0) is 14.6. The maximum Gasteiger partial charge on any atom is 0.221 e. The highest BCUT2D eigenvalue weighted by atomic mass is 16.5. The monoisotopic (exact) mass is 284 g/mol. The van der Waals surface area contributed by atoms with Crippen molar-refractivity contribution in [3.8, 4) is 0 Å². The van der Waals surface area contributed by atoms with Gasteiger partial charge in [-0.2, -0.15) is 0 Å². The Kier molecular flexibility index (Phi) is 8.78. The topological polar surface area (TPSA) is 74.8 Å². The van der Waals surface area contributed by atoms with Crippen molar-refractivity contribution in [2.45, 2.75) is 45.1 Å². The van der Waals surface area contributed by atoms with Crippen LogP contribution in [0.25, 0.3) is 0 Å². The first kappa shape index (κ1) is 16.8. The number of carbonyl (C=O) groups excluding carboxylic acids is 1. The number of guanidine groups is 1. The van der Waals surface area contributed by atoms with E-state index in [0.29, 0.717) is 38.1 Å². The molecule has 0 aromatic carbocycles. The quantitative estimate of drug-likeness (QED) is 0.347. The largest absolute Gasteiger partial charge is 0.380 e. The maximum atomic E-state index is 11.7. The summed E-state index contributed by atoms with van der Waals surface area (Å²) >= 11 is 0. The fourth-order valence-electron chi connectivity index (χ4n) is 2.27. The van der Waals surface area contributed by atoms with E-state index in [2.05, 4.69) is 20.9 Å². The van der Waals surface area contributed by atoms with Crippen LogP contribution in [0.1, 0.15) is 39.0 Å². The fourth-order valence-corrected chi connectivity index (χ4v) is 2.27. The molecule has 116 valence electrons. The Balaban J connectivity index is 2.06. The first-order valence-corrected chi connectivity index (χ1v) is 7.58. The molecule has 0 radical (unpaired) electrons. The second-order valence-corrected chi connectivity index (χ2v) is 4.92. The molecule has 3 N–H and O–H groups in total. The molecule has 1 fully saturated rings. The molecule has 6 heteroatoms. The van der Waals surface area contributed by atoms with Crippen molar-refractivity contribution in [3.63, 3.8) is 0 Å². The van der Waals surface area contributed by atoms with Gasteiger partial charge in [-0.05, 0) is 19.8 Å². The summed E-state index contributed by atoms with van der Waals surface area (Å²) in [6.45, 7) is 4.64. The van der Waals surface area contributed by atoms with Gasteiger partial charge in [0.2, 0.25) is 5.91 Å². The van der Waals surface area contributed by atoms with Gasteiger partial charge in [0.15, 0.2) is 5.96 Å². The van der Waals surface area contributed by atoms with Crippen LogP contribution in [-0.2, 0) is 9.53 Å². The first-order chi connectivity index (χ1) is 9.76. The Labute approximate surface area is 121 Å². The van der Waals surface area contributed by atoms with Gasteiger partial charge < -0.3 is 20.7 Å². The van der Waals surface area contributed by atoms with Gasteiger partial charge in [0.05, 0.1) is 6.61 Å². The fraction of sp³-hybridized carbons (Fsp3) is 0.857. The zero-order valence-electron chi connectivity index (χ0n) is 12.7. The van der Waals surface area contributed by atoms with Crippen LogP contribution in [-0.4, -0.2) is 51.3 Å². The van der Waals surface area contributed by atoms with Crippen molar-refractivity contribution in [2.75, 3.05) is 33.4 Å². The Hall–Kier alpha value is -1.30. The van der Waals surface area contributed by atoms with E-state index in [1.165, 1.54) is 12.8 Å². The normalized spacial score (nSPS) is 16.2. The lowest BCUT2D eigenvalue weighted by Crippen LogP contribution is -2.41. The summed E-state index contributed by atoms with van der Waals surface area (Å²) in [4.78, 5) is 15.8. The summed E-state index contributed by atoms with van der Waals surface area (Å²) in [5.41, 5.74) is 0. The molecule has 0 unspecified atom stereocenters. The molecule has 0 bridgehead atoms. The van der Waals surface area contributed by atoms with Crippen molar-refractivity contribution < 1.29 is 9.53 Å². The van der Waals surface area contributed by atoms with Crippen LogP contribution < -0.4 is 16.0 Å². The minimum atomic E-state index is 0.120. The molecule has 1 saturated carbocycles. The van der Waals surface area contributed by atoms with Crippen molar-refractivity contribution >= 4 is 11.9 Å². The van der Waals surface area contributed by atoms with E-state index in [9.17, 15) is 4.79 Å². The van der Waals surface area contributed by atoms with Gasteiger partial charge >= 0.3 is 0 Å². The van der Waals surface area contributed by atoms with Crippen LogP contribution in [0.15, 0.2) is 4.99 Å². The maximum absolute atomic E-state index is 11.7. The summed E-state index contributed by atoms with van der Waals surface area (Å²) in [5, 5.41) is 9.33. The van der Waals surface area contributed by atoms with Gasteiger partial charge in [0, 0.05) is 39.2 Å². The molecule has 1 rings (SSSR count). The van der Waals surface area contributed by atoms with Crippen LogP contribution in [0.2, 0.25) is 0 Å². The summed E-state index contributed by atoms with van der Waals surface area (Å²) in [7, 11) is 1.72. The number of hydrogen-bond donors (Lipinski definition) is 3. The van der Waals surface area contributed by atoms with E-state index in [0.717, 1.165) is 19.4 Å². The highest BCUT2D eigenvalue weighted by Crippen LogP contribution is 2.17. The third-order valence-electron chi connectivity index (χ3n) is 3.33. The second-order valence-electron chi connectivity index (χ2n) is 4.92. The van der Waals surface area contributed by atoms with E-state index in [1.54, 1.807) is 7.05 Å². The standard InChI is InChI=1S/C14H28N4O2/c1-3-20-11-10-17-14(15-2)16-9-8-13(19)18-12-6-4-5-7-12/h12H,3-11H2,1-2H3,(H,18,19)(H2,15,16,17). The molecular formula is C14H28N4O2. The predicted octanol–water partition coefficient (Wildman–Crippen LogP) is 0.637. The van der Waals surface area contributed by atoms with Crippen LogP contribution in [0.5, 0.6) is 0 Å². The van der Waals surface area contributed by atoms with Crippen LogP contribution in [0.4, 0.5) is 0 Å². The second kappa shape index (κ2) is 10.5. The van der Waals surface area contributed by atoms with E-state index < -0.39 is 0 Å². The number of carbonyl (C=O) groups is 1. The lowest BCUT2D eigenvalue weighted by Gasteiger charge is -2.14. The Morgan fingerprint density at radius 2 is 1.95 bits per heavy atom. The number of nitrogens with one attached hydrogen (secondary N) is 3. The van der Waals surface area contributed by atoms with Crippen molar-refractivity contribution in [2.24, 2.45) is 4.99 Å². The molecule has 0 aromatic rings. The highest BCUT2D eigenvalue weighted by Gasteiger charge is 2.16. The van der Waals surface area contributed by atoms with Gasteiger partial charge in [-0.25, -0.2) is 0 Å². The minimum Gasteiger partial charge on any atom is -0.380 e.